The van der Waals surface area contributed by atoms with Crippen molar-refractivity contribution in [3.63, 3.8) is 0 Å². The van der Waals surface area contributed by atoms with Crippen LogP contribution in [0, 0.1) is 0 Å². The molecule has 0 atom stereocenters. The molecule has 4 heteroatoms. The molecule has 4 nitrogen and oxygen atoms in total. The van der Waals surface area contributed by atoms with Crippen LogP contribution in [0.5, 0.6) is 0 Å². The normalized spacial score (nSPS) is 10.4. The van der Waals surface area contributed by atoms with Gasteiger partial charge in [0.15, 0.2) is 0 Å². The highest BCUT2D eigenvalue weighted by Crippen LogP contribution is 1.93. The summed E-state index contributed by atoms with van der Waals surface area (Å²) in [5.74, 6) is 0.143. The van der Waals surface area contributed by atoms with Crippen molar-refractivity contribution in [1.82, 2.24) is 9.80 Å². The SMILES string of the molecule is CCCN(CC(C)=O)CC(=O)N(C)C. The summed E-state index contributed by atoms with van der Waals surface area (Å²) in [7, 11) is 3.44. The molecule has 0 aliphatic heterocycles. The Balaban J connectivity index is 4.08. The van der Waals surface area contributed by atoms with Crippen LogP contribution in [-0.4, -0.2) is 55.2 Å². The van der Waals surface area contributed by atoms with Gasteiger partial charge in [0.1, 0.15) is 5.78 Å². The fraction of sp³-hybridized carbons (Fsp3) is 0.800. The molecule has 0 aromatic carbocycles. The van der Waals surface area contributed by atoms with E-state index in [2.05, 4.69) is 0 Å². The van der Waals surface area contributed by atoms with Gasteiger partial charge in [0, 0.05) is 14.1 Å². The van der Waals surface area contributed by atoms with Gasteiger partial charge in [-0.1, -0.05) is 6.92 Å². The van der Waals surface area contributed by atoms with Crippen LogP contribution in [-0.2, 0) is 9.59 Å². The van der Waals surface area contributed by atoms with Gasteiger partial charge < -0.3 is 4.90 Å². The summed E-state index contributed by atoms with van der Waals surface area (Å²) in [4.78, 5) is 25.7. The quantitative estimate of drug-likeness (QED) is 0.622. The van der Waals surface area contributed by atoms with Gasteiger partial charge in [-0.15, -0.1) is 0 Å². The van der Waals surface area contributed by atoms with Crippen molar-refractivity contribution in [2.45, 2.75) is 20.3 Å². The average Bonchev–Trinajstić information content (AvgIpc) is 2.02. The lowest BCUT2D eigenvalue weighted by molar-refractivity contribution is -0.130. The Hall–Kier alpha value is -0.900. The van der Waals surface area contributed by atoms with Crippen molar-refractivity contribution < 1.29 is 9.59 Å². The van der Waals surface area contributed by atoms with E-state index in [-0.39, 0.29) is 11.7 Å². The first-order chi connectivity index (χ1) is 6.47. The molecule has 0 saturated carbocycles. The number of carbonyl (C=O) groups excluding carboxylic acids is 2. The molecular formula is C10H20N2O2. The molecule has 0 radical (unpaired) electrons. The van der Waals surface area contributed by atoms with Crippen molar-refractivity contribution in [2.24, 2.45) is 0 Å². The van der Waals surface area contributed by atoms with E-state index < -0.39 is 0 Å². The maximum Gasteiger partial charge on any atom is 0.236 e. The highest BCUT2D eigenvalue weighted by molar-refractivity contribution is 5.80. The van der Waals surface area contributed by atoms with Crippen LogP contribution < -0.4 is 0 Å². The molecule has 0 unspecified atom stereocenters. The van der Waals surface area contributed by atoms with E-state index >= 15 is 0 Å². The van der Waals surface area contributed by atoms with Crippen LogP contribution >= 0.6 is 0 Å². The molecule has 0 heterocycles. The van der Waals surface area contributed by atoms with Crippen LogP contribution in [0.1, 0.15) is 20.3 Å². The largest absolute Gasteiger partial charge is 0.348 e. The van der Waals surface area contributed by atoms with Crippen LogP contribution in [0.25, 0.3) is 0 Å². The fourth-order valence-electron chi connectivity index (χ4n) is 1.18. The number of carbonyl (C=O) groups is 2. The molecule has 0 aromatic rings. The molecule has 0 spiro atoms. The first kappa shape index (κ1) is 13.1. The molecule has 1 amide bonds. The van der Waals surface area contributed by atoms with E-state index in [0.29, 0.717) is 13.1 Å². The Bertz CT molecular complexity index is 202. The first-order valence-corrected chi connectivity index (χ1v) is 4.89. The third kappa shape index (κ3) is 5.70. The fourth-order valence-corrected chi connectivity index (χ4v) is 1.18. The third-order valence-corrected chi connectivity index (χ3v) is 1.84. The molecule has 0 N–H and O–H groups in total. The summed E-state index contributed by atoms with van der Waals surface area (Å²) in [5, 5.41) is 0. The van der Waals surface area contributed by atoms with Crippen LogP contribution in [0.2, 0.25) is 0 Å². The lowest BCUT2D eigenvalue weighted by Crippen LogP contribution is -2.39. The van der Waals surface area contributed by atoms with Crippen molar-refractivity contribution in [3.8, 4) is 0 Å². The zero-order valence-electron chi connectivity index (χ0n) is 9.54. The van der Waals surface area contributed by atoms with E-state index in [1.807, 2.05) is 11.8 Å². The summed E-state index contributed by atoms with van der Waals surface area (Å²) in [6.45, 7) is 5.07. The van der Waals surface area contributed by atoms with Crippen LogP contribution in [0.4, 0.5) is 0 Å². The first-order valence-electron chi connectivity index (χ1n) is 4.89. The second-order valence-corrected chi connectivity index (χ2v) is 3.70. The van der Waals surface area contributed by atoms with Crippen LogP contribution in [0.15, 0.2) is 0 Å². The van der Waals surface area contributed by atoms with E-state index in [9.17, 15) is 9.59 Å². The second kappa shape index (κ2) is 6.54. The molecule has 14 heavy (non-hydrogen) atoms. The Kier molecular flexibility index (Phi) is 6.12. The van der Waals surface area contributed by atoms with Gasteiger partial charge in [-0.2, -0.15) is 0 Å². The third-order valence-electron chi connectivity index (χ3n) is 1.84. The number of ketones is 1. The van der Waals surface area contributed by atoms with Crippen LogP contribution in [0.3, 0.4) is 0 Å². The van der Waals surface area contributed by atoms with Crippen molar-refractivity contribution in [3.05, 3.63) is 0 Å². The number of hydrogen-bond donors (Lipinski definition) is 0. The van der Waals surface area contributed by atoms with Gasteiger partial charge in [-0.3, -0.25) is 14.5 Å². The van der Waals surface area contributed by atoms with Gasteiger partial charge in [-0.05, 0) is 19.9 Å². The van der Waals surface area contributed by atoms with Crippen molar-refractivity contribution in [2.75, 3.05) is 33.7 Å². The zero-order valence-corrected chi connectivity index (χ0v) is 9.54. The van der Waals surface area contributed by atoms with Gasteiger partial charge in [0.25, 0.3) is 0 Å². The van der Waals surface area contributed by atoms with Crippen molar-refractivity contribution in [1.29, 1.82) is 0 Å². The molecule has 0 aliphatic carbocycles. The number of hydrogen-bond acceptors (Lipinski definition) is 3. The smallest absolute Gasteiger partial charge is 0.236 e. The van der Waals surface area contributed by atoms with Crippen molar-refractivity contribution >= 4 is 11.7 Å². The second-order valence-electron chi connectivity index (χ2n) is 3.70. The minimum atomic E-state index is 0.0414. The summed E-state index contributed by atoms with van der Waals surface area (Å²) >= 11 is 0. The van der Waals surface area contributed by atoms with E-state index in [1.54, 1.807) is 25.9 Å². The standard InChI is InChI=1S/C10H20N2O2/c1-5-6-12(7-9(2)13)8-10(14)11(3)4/h5-8H2,1-4H3. The topological polar surface area (TPSA) is 40.6 Å². The van der Waals surface area contributed by atoms with E-state index in [1.165, 1.54) is 0 Å². The molecule has 0 fully saturated rings. The minimum absolute atomic E-state index is 0.0414. The summed E-state index contributed by atoms with van der Waals surface area (Å²) in [6.07, 6.45) is 0.952. The Labute approximate surface area is 85.9 Å². The van der Waals surface area contributed by atoms with Gasteiger partial charge in [0.2, 0.25) is 5.91 Å². The van der Waals surface area contributed by atoms with Gasteiger partial charge >= 0.3 is 0 Å². The molecule has 0 bridgehead atoms. The van der Waals surface area contributed by atoms with Gasteiger partial charge in [-0.25, -0.2) is 0 Å². The Morgan fingerprint density at radius 3 is 2.07 bits per heavy atom. The number of amides is 1. The highest BCUT2D eigenvalue weighted by Gasteiger charge is 2.12. The maximum absolute atomic E-state index is 11.4. The lowest BCUT2D eigenvalue weighted by Gasteiger charge is -2.21. The number of nitrogens with zero attached hydrogens (tertiary/aromatic N) is 2. The molecule has 82 valence electrons. The van der Waals surface area contributed by atoms with Gasteiger partial charge in [0.05, 0.1) is 13.1 Å². The molecular weight excluding hydrogens is 180 g/mol. The molecule has 0 rings (SSSR count). The summed E-state index contributed by atoms with van der Waals surface area (Å²) in [6, 6.07) is 0. The number of rotatable bonds is 6. The lowest BCUT2D eigenvalue weighted by atomic mass is 10.3. The summed E-state index contributed by atoms with van der Waals surface area (Å²) in [5.41, 5.74) is 0. The predicted octanol–water partition coefficient (Wildman–Crippen LogP) is 0.376. The molecule has 0 aromatic heterocycles. The highest BCUT2D eigenvalue weighted by atomic mass is 16.2. The Morgan fingerprint density at radius 1 is 1.14 bits per heavy atom. The number of Topliss-reactive ketones (excluding diaryl/α,β-unsaturated/α-hetero) is 1. The molecule has 0 saturated heterocycles. The molecule has 0 aliphatic rings. The Morgan fingerprint density at radius 2 is 1.71 bits per heavy atom. The van der Waals surface area contributed by atoms with E-state index in [0.717, 1.165) is 13.0 Å². The zero-order chi connectivity index (χ0) is 11.1. The summed E-state index contributed by atoms with van der Waals surface area (Å²) < 4.78 is 0. The number of likely N-dealkylation sites (N-methyl/N-ethyl adjacent to an activating group) is 1. The minimum Gasteiger partial charge on any atom is -0.348 e. The predicted molar refractivity (Wildman–Crippen MR) is 56.1 cm³/mol. The maximum atomic E-state index is 11.4. The monoisotopic (exact) mass is 200 g/mol. The van der Waals surface area contributed by atoms with E-state index in [4.69, 9.17) is 0 Å². The average molecular weight is 200 g/mol.